The zero-order chi connectivity index (χ0) is 53.8. The highest BCUT2D eigenvalue weighted by molar-refractivity contribution is 6.31. The van der Waals surface area contributed by atoms with Crippen molar-refractivity contribution in [3.8, 4) is 16.9 Å². The molecule has 0 radical (unpaired) electrons. The fourth-order valence-electron chi connectivity index (χ4n) is 6.66. The first kappa shape index (κ1) is 56.8. The lowest BCUT2D eigenvalue weighted by Crippen LogP contribution is -2.28. The number of carbonyl (C=O) groups excluding carboxylic acids is 3. The fraction of sp³-hybridized carbons (Fsp3) is 0.292. The number of amides is 3. The summed E-state index contributed by atoms with van der Waals surface area (Å²) >= 11 is 12.3. The Labute approximate surface area is 421 Å². The first-order valence-electron chi connectivity index (χ1n) is 21.7. The van der Waals surface area contributed by atoms with Gasteiger partial charge in [-0.1, -0.05) is 23.2 Å². The van der Waals surface area contributed by atoms with E-state index >= 15 is 0 Å². The van der Waals surface area contributed by atoms with Gasteiger partial charge in [0.25, 0.3) is 0 Å². The zero-order valence-electron chi connectivity index (χ0n) is 38.4. The van der Waals surface area contributed by atoms with E-state index in [0.29, 0.717) is 45.0 Å². The van der Waals surface area contributed by atoms with Crippen LogP contribution in [0.25, 0.3) is 22.6 Å². The Balaban J connectivity index is 0.000000236. The van der Waals surface area contributed by atoms with Crippen molar-refractivity contribution < 1.29 is 68.9 Å². The number of carboxylic acid groups (broad SMARTS) is 1. The topological polar surface area (TPSA) is 223 Å². The zero-order valence-corrected chi connectivity index (χ0v) is 39.9. The van der Waals surface area contributed by atoms with Gasteiger partial charge in [-0.2, -0.15) is 26.3 Å². The number of aliphatic carboxylic acids is 1. The smallest absolute Gasteiger partial charge is 0.414 e. The normalized spacial score (nSPS) is 16.5. The van der Waals surface area contributed by atoms with Gasteiger partial charge in [0.05, 0.1) is 36.4 Å². The minimum absolute atomic E-state index is 0.0609. The van der Waals surface area contributed by atoms with Gasteiger partial charge in [0.15, 0.2) is 18.0 Å². The van der Waals surface area contributed by atoms with Crippen LogP contribution in [-0.2, 0) is 41.9 Å². The predicted molar refractivity (Wildman–Crippen MR) is 254 cm³/mol. The highest BCUT2D eigenvalue weighted by Gasteiger charge is 2.38. The van der Waals surface area contributed by atoms with Crippen molar-refractivity contribution in [2.24, 2.45) is 17.6 Å². The molecule has 1 aromatic heterocycles. The molecule has 73 heavy (non-hydrogen) atoms. The molecule has 7 rings (SSSR count). The van der Waals surface area contributed by atoms with Crippen LogP contribution in [0, 0.1) is 28.9 Å². The molecule has 3 heterocycles. The van der Waals surface area contributed by atoms with Crippen LogP contribution in [0.3, 0.4) is 0 Å². The lowest BCUT2D eigenvalue weighted by atomic mass is 10.1. The first-order chi connectivity index (χ1) is 34.2. The van der Waals surface area contributed by atoms with Crippen LogP contribution >= 0.6 is 23.2 Å². The molecule has 8 N–H and O–H groups in total. The molecule has 0 unspecified atom stereocenters. The summed E-state index contributed by atoms with van der Waals surface area (Å²) in [4.78, 5) is 44.6. The summed E-state index contributed by atoms with van der Waals surface area (Å²) in [6, 6.07) is 21.8. The second-order valence-corrected chi connectivity index (χ2v) is 17.2. The number of aromatic nitrogens is 2. The Bertz CT molecular complexity index is 2810. The fourth-order valence-corrected chi connectivity index (χ4v) is 7.18. The lowest BCUT2D eigenvalue weighted by Gasteiger charge is -2.17. The molecular formula is C48H46Cl2F8N8O7. The third-order valence-electron chi connectivity index (χ3n) is 10.6. The number of amidine groups is 1. The Morgan fingerprint density at radius 1 is 0.795 bits per heavy atom. The summed E-state index contributed by atoms with van der Waals surface area (Å²) in [5, 5.41) is 31.5. The van der Waals surface area contributed by atoms with Crippen molar-refractivity contribution in [3.05, 3.63) is 135 Å². The second-order valence-electron chi connectivity index (χ2n) is 16.4. The number of anilines is 2. The summed E-state index contributed by atoms with van der Waals surface area (Å²) < 4.78 is 114. The van der Waals surface area contributed by atoms with Crippen LogP contribution in [-0.4, -0.2) is 82.1 Å². The van der Waals surface area contributed by atoms with Gasteiger partial charge in [0, 0.05) is 65.1 Å². The van der Waals surface area contributed by atoms with Crippen molar-refractivity contribution in [1.29, 1.82) is 5.41 Å². The molecule has 2 fully saturated rings. The molecule has 5 aromatic rings. The SMILES string of the molecule is C[C@@H](OCc1cc(Cl)cc(-c2cc(NC(=O)[C@@H]3CNC(=O)C3)nn2-c2ccc(F)cc2)c1)C(F)(F)F.C[C@@H](OCc1cc(Cl)cc(/C(=C/C(=N)N)Nc2ccc(F)cc2)c1)C(F)(F)F.O=C1C[C@H](C(=O)O)CN1. The van der Waals surface area contributed by atoms with Gasteiger partial charge >= 0.3 is 18.3 Å². The monoisotopic (exact) mass is 1070 g/mol. The number of nitrogens with one attached hydrogen (secondary N) is 5. The van der Waals surface area contributed by atoms with Crippen molar-refractivity contribution in [3.63, 3.8) is 0 Å². The Kier molecular flexibility index (Phi) is 19.5. The van der Waals surface area contributed by atoms with Crippen molar-refractivity contribution in [2.75, 3.05) is 23.7 Å². The maximum atomic E-state index is 13.5. The number of hydrogen-bond acceptors (Lipinski definition) is 9. The molecule has 3 amide bonds. The number of alkyl halides is 6. The molecule has 25 heteroatoms. The van der Waals surface area contributed by atoms with Crippen LogP contribution < -0.4 is 27.0 Å². The largest absolute Gasteiger partial charge is 0.481 e. The molecule has 2 saturated heterocycles. The van der Waals surface area contributed by atoms with E-state index < -0.39 is 59.9 Å². The molecule has 0 saturated carbocycles. The van der Waals surface area contributed by atoms with Gasteiger partial charge < -0.3 is 41.6 Å². The maximum absolute atomic E-state index is 13.5. The van der Waals surface area contributed by atoms with Crippen LogP contribution in [0.2, 0.25) is 10.0 Å². The number of benzene rings is 4. The van der Waals surface area contributed by atoms with Gasteiger partial charge in [0.2, 0.25) is 17.7 Å². The summed E-state index contributed by atoms with van der Waals surface area (Å²) in [5.74, 6) is -3.69. The number of nitrogens with zero attached hydrogens (tertiary/aromatic N) is 2. The summed E-state index contributed by atoms with van der Waals surface area (Å²) in [6.45, 7) is 1.68. The first-order valence-corrected chi connectivity index (χ1v) is 22.5. The molecule has 0 aliphatic carbocycles. The van der Waals surface area contributed by atoms with Crippen LogP contribution in [0.15, 0.2) is 97.1 Å². The van der Waals surface area contributed by atoms with Gasteiger partial charge in [-0.25, -0.2) is 13.5 Å². The Morgan fingerprint density at radius 2 is 1.30 bits per heavy atom. The quantitative estimate of drug-likeness (QED) is 0.0299. The summed E-state index contributed by atoms with van der Waals surface area (Å²) in [5.41, 5.74) is 9.01. The predicted octanol–water partition coefficient (Wildman–Crippen LogP) is 9.42. The number of halogens is 10. The lowest BCUT2D eigenvalue weighted by molar-refractivity contribution is -0.217. The number of nitrogens with two attached hydrogens (primary N) is 1. The second kappa shape index (κ2) is 25.0. The Morgan fingerprint density at radius 3 is 1.78 bits per heavy atom. The van der Waals surface area contributed by atoms with E-state index in [9.17, 15) is 54.3 Å². The van der Waals surface area contributed by atoms with Crippen molar-refractivity contribution in [1.82, 2.24) is 20.4 Å². The van der Waals surface area contributed by atoms with Gasteiger partial charge in [-0.05, 0) is 115 Å². The number of carboxylic acids is 1. The molecule has 4 atom stereocenters. The molecule has 15 nitrogen and oxygen atoms in total. The van der Waals surface area contributed by atoms with Crippen LogP contribution in [0.5, 0.6) is 0 Å². The van der Waals surface area contributed by atoms with E-state index in [0.717, 1.165) is 13.8 Å². The number of ether oxygens (including phenoxy) is 2. The van der Waals surface area contributed by atoms with E-state index in [1.54, 1.807) is 30.3 Å². The van der Waals surface area contributed by atoms with Crippen molar-refractivity contribution in [2.45, 2.75) is 64.5 Å². The average Bonchev–Trinajstić information content (AvgIpc) is 4.07. The molecule has 0 spiro atoms. The Hall–Kier alpha value is -7.08. The van der Waals surface area contributed by atoms with E-state index in [2.05, 4.69) is 26.4 Å². The van der Waals surface area contributed by atoms with E-state index in [4.69, 9.17) is 48.9 Å². The molecule has 0 bridgehead atoms. The van der Waals surface area contributed by atoms with Gasteiger partial charge in [0.1, 0.15) is 17.5 Å². The highest BCUT2D eigenvalue weighted by atomic mass is 35.5. The molecule has 4 aromatic carbocycles. The van der Waals surface area contributed by atoms with E-state index in [1.807, 2.05) is 0 Å². The molecular weight excluding hydrogens is 1020 g/mol. The molecule has 390 valence electrons. The number of hydrogen-bond donors (Lipinski definition) is 7. The summed E-state index contributed by atoms with van der Waals surface area (Å²) in [6.07, 6.45) is -11.4. The molecule has 2 aliphatic heterocycles. The summed E-state index contributed by atoms with van der Waals surface area (Å²) in [7, 11) is 0. The third-order valence-corrected chi connectivity index (χ3v) is 11.0. The van der Waals surface area contributed by atoms with Gasteiger partial charge in [-0.15, -0.1) is 5.10 Å². The third kappa shape index (κ3) is 17.6. The number of carbonyl (C=O) groups is 4. The highest BCUT2D eigenvalue weighted by Crippen LogP contribution is 2.32. The van der Waals surface area contributed by atoms with Crippen LogP contribution in [0.1, 0.15) is 43.4 Å². The molecule has 2 aliphatic rings. The minimum Gasteiger partial charge on any atom is -0.481 e. The average molecular weight is 1070 g/mol. The standard InChI is InChI=1S/C24H21ClF4N4O3.C19H18ClF4N3O.C5H7NO3/c1-13(24(27,28)29)36-12-14-6-15(8-17(25)7-14)20-10-21(31-23(35)16-9-22(34)30-11-16)32-33(20)19-4-2-18(26)3-5-19;1-11(19(22,23)24)28-10-12-6-13(8-14(20)7-12)17(9-18(25)26)27-16-4-2-15(21)3-5-16;7-4-1-3(2-6-4)5(8)9/h2-8,10,13,16H,9,11-12H2,1H3,(H,30,34)(H,31,32,35);2-9,11,27H,10H2,1H3,(H3,25,26);3H,1-2H2,(H,6,7)(H,8,9)/b;17-9-;/t13-,16+;11-;3-/m110/s1. The number of rotatable bonds is 15. The van der Waals surface area contributed by atoms with E-state index in [-0.39, 0.29) is 72.7 Å². The van der Waals surface area contributed by atoms with E-state index in [1.165, 1.54) is 71.4 Å². The maximum Gasteiger partial charge on any atom is 0.414 e. The van der Waals surface area contributed by atoms with Crippen molar-refractivity contribution >= 4 is 69.9 Å². The van der Waals surface area contributed by atoms with Gasteiger partial charge in [-0.3, -0.25) is 24.6 Å². The van der Waals surface area contributed by atoms with Crippen LogP contribution in [0.4, 0.5) is 46.6 Å². The minimum atomic E-state index is -4.50.